The van der Waals surface area contributed by atoms with Crippen LogP contribution in [-0.2, 0) is 0 Å². The molecule has 0 atom stereocenters. The molecule has 0 radical (unpaired) electrons. The van der Waals surface area contributed by atoms with Crippen molar-refractivity contribution in [3.05, 3.63) is 48.4 Å². The van der Waals surface area contributed by atoms with Crippen LogP contribution in [0.2, 0.25) is 0 Å². The van der Waals surface area contributed by atoms with E-state index in [1.54, 1.807) is 6.07 Å². The number of benzene rings is 1. The number of carbonyl (C=O) groups is 1. The van der Waals surface area contributed by atoms with Crippen molar-refractivity contribution in [1.29, 1.82) is 0 Å². The molecule has 2 saturated carbocycles. The van der Waals surface area contributed by atoms with E-state index in [2.05, 4.69) is 20.2 Å². The van der Waals surface area contributed by atoms with Crippen LogP contribution in [0.1, 0.15) is 55.4 Å². The predicted molar refractivity (Wildman–Crippen MR) is 102 cm³/mol. The number of aromatic nitrogens is 2. The molecule has 5 nitrogen and oxygen atoms in total. The quantitative estimate of drug-likeness (QED) is 0.838. The van der Waals surface area contributed by atoms with E-state index in [1.165, 1.54) is 38.4 Å². The number of rotatable bonds is 6. The second kappa shape index (κ2) is 7.85. The number of hydrogen-bond acceptors (Lipinski definition) is 4. The summed E-state index contributed by atoms with van der Waals surface area (Å²) < 4.78 is 0. The molecule has 1 aromatic heterocycles. The highest BCUT2D eigenvalue weighted by Crippen LogP contribution is 2.33. The zero-order chi connectivity index (χ0) is 17.8. The average Bonchev–Trinajstić information content (AvgIpc) is 3.52. The molecule has 1 N–H and O–H groups in total. The normalized spacial score (nSPS) is 17.7. The second-order valence-electron chi connectivity index (χ2n) is 7.47. The number of hydrogen-bond donors (Lipinski definition) is 1. The van der Waals surface area contributed by atoms with Crippen LogP contribution in [0.4, 0.5) is 11.5 Å². The molecule has 0 aliphatic heterocycles. The summed E-state index contributed by atoms with van der Waals surface area (Å²) in [5.41, 5.74) is 1.44. The lowest BCUT2D eigenvalue weighted by Gasteiger charge is -2.34. The Labute approximate surface area is 154 Å². The first kappa shape index (κ1) is 17.0. The Bertz CT molecular complexity index is 739. The van der Waals surface area contributed by atoms with Crippen LogP contribution >= 0.6 is 0 Å². The molecule has 5 heteroatoms. The van der Waals surface area contributed by atoms with Gasteiger partial charge >= 0.3 is 0 Å². The molecule has 0 spiro atoms. The molecule has 2 aliphatic rings. The third-order valence-electron chi connectivity index (χ3n) is 5.36. The van der Waals surface area contributed by atoms with Crippen molar-refractivity contribution in [2.24, 2.45) is 5.92 Å². The van der Waals surface area contributed by atoms with Crippen molar-refractivity contribution in [2.75, 3.05) is 11.9 Å². The molecule has 1 amide bonds. The minimum atomic E-state index is 0.0577. The van der Waals surface area contributed by atoms with Crippen LogP contribution in [0.25, 0.3) is 0 Å². The van der Waals surface area contributed by atoms with Gasteiger partial charge in [-0.15, -0.1) is 0 Å². The molecule has 26 heavy (non-hydrogen) atoms. The standard InChI is InChI=1S/C21H26N4O/c26-21(25(14-16-11-12-16)18-9-5-2-6-10-18)19-13-20(23-15-22-19)24-17-7-3-1-4-8-17/h1,3-4,7-8,13,15-16,18H,2,5-6,9-12,14H2,(H,22,23,24). The number of nitrogens with zero attached hydrogens (tertiary/aromatic N) is 3. The first-order chi connectivity index (χ1) is 12.8. The second-order valence-corrected chi connectivity index (χ2v) is 7.47. The summed E-state index contributed by atoms with van der Waals surface area (Å²) in [7, 11) is 0. The van der Waals surface area contributed by atoms with Crippen molar-refractivity contribution >= 4 is 17.4 Å². The van der Waals surface area contributed by atoms with E-state index in [4.69, 9.17) is 0 Å². The predicted octanol–water partition coefficient (Wildman–Crippen LogP) is 4.41. The minimum Gasteiger partial charge on any atom is -0.340 e. The van der Waals surface area contributed by atoms with Gasteiger partial charge in [-0.25, -0.2) is 9.97 Å². The molecule has 136 valence electrons. The monoisotopic (exact) mass is 350 g/mol. The Hall–Kier alpha value is -2.43. The van der Waals surface area contributed by atoms with E-state index in [9.17, 15) is 4.79 Å². The first-order valence-corrected chi connectivity index (χ1v) is 9.75. The number of amides is 1. The summed E-state index contributed by atoms with van der Waals surface area (Å²) in [6, 6.07) is 12.0. The Morgan fingerprint density at radius 1 is 1.04 bits per heavy atom. The molecule has 1 heterocycles. The molecule has 2 aliphatic carbocycles. The van der Waals surface area contributed by atoms with Crippen molar-refractivity contribution in [2.45, 2.75) is 51.0 Å². The topological polar surface area (TPSA) is 58.1 Å². The van der Waals surface area contributed by atoms with Crippen LogP contribution in [0, 0.1) is 5.92 Å². The lowest BCUT2D eigenvalue weighted by atomic mass is 9.93. The van der Waals surface area contributed by atoms with Gasteiger partial charge in [-0.1, -0.05) is 37.5 Å². The van der Waals surface area contributed by atoms with E-state index in [0.717, 1.165) is 25.1 Å². The van der Waals surface area contributed by atoms with Gasteiger partial charge in [0.15, 0.2) is 0 Å². The largest absolute Gasteiger partial charge is 0.340 e. The highest BCUT2D eigenvalue weighted by molar-refractivity contribution is 5.93. The smallest absolute Gasteiger partial charge is 0.272 e. The molecular formula is C21H26N4O. The molecular weight excluding hydrogens is 324 g/mol. The van der Waals surface area contributed by atoms with Crippen LogP contribution in [0.3, 0.4) is 0 Å². The zero-order valence-corrected chi connectivity index (χ0v) is 15.1. The SMILES string of the molecule is O=C(c1cc(Nc2ccccc2)ncn1)N(CC1CC1)C1CCCCC1. The molecule has 2 aromatic rings. The maximum Gasteiger partial charge on any atom is 0.272 e. The maximum atomic E-state index is 13.2. The first-order valence-electron chi connectivity index (χ1n) is 9.75. The summed E-state index contributed by atoms with van der Waals surface area (Å²) in [6.07, 6.45) is 9.97. The van der Waals surface area contributed by atoms with E-state index in [1.807, 2.05) is 30.3 Å². The number of carbonyl (C=O) groups excluding carboxylic acids is 1. The number of anilines is 2. The van der Waals surface area contributed by atoms with E-state index in [0.29, 0.717) is 23.5 Å². The van der Waals surface area contributed by atoms with Gasteiger partial charge in [-0.3, -0.25) is 4.79 Å². The van der Waals surface area contributed by atoms with Gasteiger partial charge in [-0.05, 0) is 43.7 Å². The molecule has 0 unspecified atom stereocenters. The van der Waals surface area contributed by atoms with Crippen LogP contribution in [-0.4, -0.2) is 33.4 Å². The highest BCUT2D eigenvalue weighted by atomic mass is 16.2. The molecule has 1 aromatic carbocycles. The van der Waals surface area contributed by atoms with Crippen molar-refractivity contribution < 1.29 is 4.79 Å². The van der Waals surface area contributed by atoms with Gasteiger partial charge in [0.05, 0.1) is 0 Å². The van der Waals surface area contributed by atoms with Gasteiger partial charge in [-0.2, -0.15) is 0 Å². The third kappa shape index (κ3) is 4.21. The van der Waals surface area contributed by atoms with E-state index >= 15 is 0 Å². The fourth-order valence-electron chi connectivity index (χ4n) is 3.73. The zero-order valence-electron chi connectivity index (χ0n) is 15.1. The Morgan fingerprint density at radius 3 is 2.54 bits per heavy atom. The maximum absolute atomic E-state index is 13.2. The molecule has 0 saturated heterocycles. The van der Waals surface area contributed by atoms with Crippen LogP contribution < -0.4 is 5.32 Å². The lowest BCUT2D eigenvalue weighted by molar-refractivity contribution is 0.0616. The Balaban J connectivity index is 1.52. The lowest BCUT2D eigenvalue weighted by Crippen LogP contribution is -2.43. The van der Waals surface area contributed by atoms with Gasteiger partial charge < -0.3 is 10.2 Å². The molecule has 0 bridgehead atoms. The van der Waals surface area contributed by atoms with Gasteiger partial charge in [0.1, 0.15) is 17.8 Å². The number of nitrogens with one attached hydrogen (secondary N) is 1. The summed E-state index contributed by atoms with van der Waals surface area (Å²) in [5.74, 6) is 1.40. The van der Waals surface area contributed by atoms with Gasteiger partial charge in [0, 0.05) is 24.3 Å². The fraction of sp³-hybridized carbons (Fsp3) is 0.476. The van der Waals surface area contributed by atoms with E-state index in [-0.39, 0.29) is 5.91 Å². The van der Waals surface area contributed by atoms with Gasteiger partial charge in [0.25, 0.3) is 5.91 Å². The molecule has 4 rings (SSSR count). The summed E-state index contributed by atoms with van der Waals surface area (Å²) in [4.78, 5) is 23.9. The van der Waals surface area contributed by atoms with Crippen LogP contribution in [0.15, 0.2) is 42.7 Å². The Kier molecular flexibility index (Phi) is 5.14. The minimum absolute atomic E-state index is 0.0577. The summed E-state index contributed by atoms with van der Waals surface area (Å²) in [6.45, 7) is 0.884. The van der Waals surface area contributed by atoms with E-state index < -0.39 is 0 Å². The van der Waals surface area contributed by atoms with Gasteiger partial charge in [0.2, 0.25) is 0 Å². The van der Waals surface area contributed by atoms with Crippen molar-refractivity contribution in [1.82, 2.24) is 14.9 Å². The highest BCUT2D eigenvalue weighted by Gasteiger charge is 2.32. The third-order valence-corrected chi connectivity index (χ3v) is 5.36. The number of para-hydroxylation sites is 1. The van der Waals surface area contributed by atoms with Crippen molar-refractivity contribution in [3.8, 4) is 0 Å². The summed E-state index contributed by atoms with van der Waals surface area (Å²) in [5, 5.41) is 3.25. The molecule has 2 fully saturated rings. The Morgan fingerprint density at radius 2 is 1.81 bits per heavy atom. The summed E-state index contributed by atoms with van der Waals surface area (Å²) >= 11 is 0. The van der Waals surface area contributed by atoms with Crippen LogP contribution in [0.5, 0.6) is 0 Å². The fourth-order valence-corrected chi connectivity index (χ4v) is 3.73. The van der Waals surface area contributed by atoms with Crippen molar-refractivity contribution in [3.63, 3.8) is 0 Å². The average molecular weight is 350 g/mol.